The van der Waals surface area contributed by atoms with Gasteiger partial charge in [0.25, 0.3) is 0 Å². The van der Waals surface area contributed by atoms with Crippen LogP contribution < -0.4 is 11.6 Å². The topological polar surface area (TPSA) is 55.3 Å². The molecule has 0 saturated heterocycles. The molecule has 4 N–H and O–H groups in total. The molecule has 0 amide bonds. The lowest BCUT2D eigenvalue weighted by molar-refractivity contribution is 0.511. The molecule has 110 valence electrons. The zero-order valence-electron chi connectivity index (χ0n) is 12.9. The molecule has 0 unspecified atom stereocenters. The highest BCUT2D eigenvalue weighted by atomic mass is 15.4. The molecular weight excluding hydrogens is 258 g/mol. The van der Waals surface area contributed by atoms with Gasteiger partial charge in [-0.3, -0.25) is 0 Å². The fourth-order valence-electron chi connectivity index (χ4n) is 2.58. The minimum atomic E-state index is 0.715. The second-order valence-corrected chi connectivity index (χ2v) is 5.20. The summed E-state index contributed by atoms with van der Waals surface area (Å²) in [6, 6.07) is 16.3. The van der Waals surface area contributed by atoms with Gasteiger partial charge in [0.2, 0.25) is 0 Å². The number of nitrogens with two attached hydrogens (primary N) is 2. The molecule has 3 nitrogen and oxygen atoms in total. The quantitative estimate of drug-likeness (QED) is 0.514. The van der Waals surface area contributed by atoms with Crippen molar-refractivity contribution in [3.8, 4) is 0 Å². The van der Waals surface area contributed by atoms with Gasteiger partial charge < -0.3 is 10.7 Å². The summed E-state index contributed by atoms with van der Waals surface area (Å²) >= 11 is 0. The molecule has 0 radical (unpaired) electrons. The maximum atomic E-state index is 6.48. The van der Waals surface area contributed by atoms with Gasteiger partial charge in [-0.2, -0.15) is 0 Å². The third kappa shape index (κ3) is 3.09. The van der Waals surface area contributed by atoms with Crippen molar-refractivity contribution in [2.75, 3.05) is 7.05 Å². The summed E-state index contributed by atoms with van der Waals surface area (Å²) in [7, 11) is 1.82. The molecule has 0 fully saturated rings. The molecule has 0 bridgehead atoms. The van der Waals surface area contributed by atoms with Crippen molar-refractivity contribution in [3.63, 3.8) is 0 Å². The highest BCUT2D eigenvalue weighted by molar-refractivity contribution is 5.89. The molecule has 2 aromatic rings. The van der Waals surface area contributed by atoms with E-state index in [1.165, 1.54) is 5.56 Å². The van der Waals surface area contributed by atoms with E-state index < -0.39 is 0 Å². The SMILES string of the molecule is CCc1ccccc1/C(N)=C(\c1ccccc1C)N(C)N. The minimum absolute atomic E-state index is 0.715. The number of hydrogen-bond donors (Lipinski definition) is 2. The van der Waals surface area contributed by atoms with E-state index in [-0.39, 0.29) is 0 Å². The van der Waals surface area contributed by atoms with Crippen LogP contribution in [0, 0.1) is 6.92 Å². The number of hydrazine groups is 1. The van der Waals surface area contributed by atoms with Crippen LogP contribution in [0.1, 0.15) is 29.2 Å². The number of nitrogens with zero attached hydrogens (tertiary/aromatic N) is 1. The summed E-state index contributed by atoms with van der Waals surface area (Å²) in [6.45, 7) is 4.20. The van der Waals surface area contributed by atoms with Crippen LogP contribution in [0.5, 0.6) is 0 Å². The summed E-state index contributed by atoms with van der Waals surface area (Å²) in [5.74, 6) is 6.06. The predicted octanol–water partition coefficient (Wildman–Crippen LogP) is 3.15. The first-order valence-electron chi connectivity index (χ1n) is 7.18. The van der Waals surface area contributed by atoms with Crippen LogP contribution in [0.25, 0.3) is 11.4 Å². The Morgan fingerprint density at radius 3 is 2.14 bits per heavy atom. The van der Waals surface area contributed by atoms with Crippen molar-refractivity contribution in [3.05, 3.63) is 70.8 Å². The van der Waals surface area contributed by atoms with Crippen molar-refractivity contribution < 1.29 is 0 Å². The van der Waals surface area contributed by atoms with E-state index in [0.717, 1.165) is 28.8 Å². The van der Waals surface area contributed by atoms with E-state index in [4.69, 9.17) is 11.6 Å². The normalized spacial score (nSPS) is 12.0. The van der Waals surface area contributed by atoms with E-state index in [1.807, 2.05) is 31.3 Å². The largest absolute Gasteiger partial charge is 0.396 e. The molecule has 3 heteroatoms. The fraction of sp³-hybridized carbons (Fsp3) is 0.222. The van der Waals surface area contributed by atoms with E-state index in [9.17, 15) is 0 Å². The number of benzene rings is 2. The predicted molar refractivity (Wildman–Crippen MR) is 90.0 cm³/mol. The summed E-state index contributed by atoms with van der Waals surface area (Å²) < 4.78 is 0. The van der Waals surface area contributed by atoms with Crippen LogP contribution >= 0.6 is 0 Å². The van der Waals surface area contributed by atoms with Gasteiger partial charge in [0.15, 0.2) is 0 Å². The van der Waals surface area contributed by atoms with E-state index in [1.54, 1.807) is 5.01 Å². The molecule has 0 aliphatic rings. The van der Waals surface area contributed by atoms with Crippen LogP contribution in [0.15, 0.2) is 48.5 Å². The molecular formula is C18H23N3. The molecule has 2 aromatic carbocycles. The Morgan fingerprint density at radius 1 is 1.00 bits per heavy atom. The summed E-state index contributed by atoms with van der Waals surface area (Å²) in [6.07, 6.45) is 0.937. The van der Waals surface area contributed by atoms with Gasteiger partial charge in [-0.1, -0.05) is 55.5 Å². The fourth-order valence-corrected chi connectivity index (χ4v) is 2.58. The Bertz CT molecular complexity index is 657. The van der Waals surface area contributed by atoms with Crippen LogP contribution in [0.2, 0.25) is 0 Å². The standard InChI is InChI=1S/C18H23N3/c1-4-14-10-6-8-12-16(14)17(19)18(21(3)20)15-11-7-5-9-13(15)2/h5-12H,4,19-20H2,1-3H3/b18-17-. The Morgan fingerprint density at radius 2 is 1.57 bits per heavy atom. The second-order valence-electron chi connectivity index (χ2n) is 5.20. The first-order chi connectivity index (χ1) is 10.1. The second kappa shape index (κ2) is 6.46. The Hall–Kier alpha value is -2.26. The van der Waals surface area contributed by atoms with Crippen molar-refractivity contribution in [1.82, 2.24) is 5.01 Å². The van der Waals surface area contributed by atoms with Gasteiger partial charge in [-0.15, -0.1) is 0 Å². The van der Waals surface area contributed by atoms with Crippen LogP contribution in [-0.2, 0) is 6.42 Å². The lowest BCUT2D eigenvalue weighted by Gasteiger charge is -2.22. The molecule has 0 aliphatic heterocycles. The lowest BCUT2D eigenvalue weighted by atomic mass is 9.97. The Labute approximate surface area is 126 Å². The highest BCUT2D eigenvalue weighted by Gasteiger charge is 2.15. The van der Waals surface area contributed by atoms with Crippen molar-refractivity contribution in [2.24, 2.45) is 11.6 Å². The van der Waals surface area contributed by atoms with E-state index in [0.29, 0.717) is 5.70 Å². The first-order valence-corrected chi connectivity index (χ1v) is 7.18. The first kappa shape index (κ1) is 15.1. The maximum Gasteiger partial charge on any atom is 0.0825 e. The highest BCUT2D eigenvalue weighted by Crippen LogP contribution is 2.27. The van der Waals surface area contributed by atoms with Gasteiger partial charge >= 0.3 is 0 Å². The van der Waals surface area contributed by atoms with Crippen molar-refractivity contribution >= 4 is 11.4 Å². The Kier molecular flexibility index (Phi) is 4.66. The molecule has 0 aliphatic carbocycles. The molecule has 0 spiro atoms. The third-order valence-electron chi connectivity index (χ3n) is 3.70. The average Bonchev–Trinajstić information content (AvgIpc) is 2.49. The Balaban J connectivity index is 2.68. The summed E-state index contributed by atoms with van der Waals surface area (Å²) in [5, 5.41) is 1.60. The average molecular weight is 281 g/mol. The van der Waals surface area contributed by atoms with E-state index in [2.05, 4.69) is 38.1 Å². The molecule has 0 saturated carbocycles. The van der Waals surface area contributed by atoms with Crippen LogP contribution in [-0.4, -0.2) is 12.1 Å². The molecule has 21 heavy (non-hydrogen) atoms. The zero-order chi connectivity index (χ0) is 15.4. The summed E-state index contributed by atoms with van der Waals surface area (Å²) in [5.41, 5.74) is 12.5. The third-order valence-corrected chi connectivity index (χ3v) is 3.70. The molecule has 0 aromatic heterocycles. The van der Waals surface area contributed by atoms with E-state index >= 15 is 0 Å². The lowest BCUT2D eigenvalue weighted by Crippen LogP contribution is -2.27. The van der Waals surface area contributed by atoms with Crippen molar-refractivity contribution in [2.45, 2.75) is 20.3 Å². The van der Waals surface area contributed by atoms with Gasteiger partial charge in [-0.05, 0) is 24.5 Å². The molecule has 0 atom stereocenters. The molecule has 2 rings (SSSR count). The number of hydrogen-bond acceptors (Lipinski definition) is 3. The van der Waals surface area contributed by atoms with Crippen LogP contribution in [0.4, 0.5) is 0 Å². The van der Waals surface area contributed by atoms with Crippen molar-refractivity contribution in [1.29, 1.82) is 0 Å². The van der Waals surface area contributed by atoms with Gasteiger partial charge in [-0.25, -0.2) is 5.84 Å². The smallest absolute Gasteiger partial charge is 0.0825 e. The van der Waals surface area contributed by atoms with Crippen LogP contribution in [0.3, 0.4) is 0 Å². The minimum Gasteiger partial charge on any atom is -0.396 e. The molecule has 0 heterocycles. The van der Waals surface area contributed by atoms with Gasteiger partial charge in [0.05, 0.1) is 11.4 Å². The zero-order valence-corrected chi connectivity index (χ0v) is 12.9. The van der Waals surface area contributed by atoms with Gasteiger partial charge in [0.1, 0.15) is 0 Å². The maximum absolute atomic E-state index is 6.48. The number of aryl methyl sites for hydroxylation is 2. The monoisotopic (exact) mass is 281 g/mol. The van der Waals surface area contributed by atoms with Gasteiger partial charge in [0, 0.05) is 18.2 Å². The number of rotatable bonds is 4. The summed E-state index contributed by atoms with van der Waals surface area (Å²) in [4.78, 5) is 0.